The second kappa shape index (κ2) is 8.61. The first-order valence-corrected chi connectivity index (χ1v) is 10.4. The summed E-state index contributed by atoms with van der Waals surface area (Å²) in [6.45, 7) is 5.67. The third-order valence-electron chi connectivity index (χ3n) is 5.06. The number of allylic oxidation sites excluding steroid dienone is 1. The molecule has 2 heterocycles. The minimum absolute atomic E-state index is 0.290. The van der Waals surface area contributed by atoms with Gasteiger partial charge in [-0.25, -0.2) is 4.68 Å². The zero-order valence-corrected chi connectivity index (χ0v) is 19.0. The largest absolute Gasteiger partial charge is 0.322 e. The molecule has 0 spiro atoms. The summed E-state index contributed by atoms with van der Waals surface area (Å²) >= 11 is 3.52. The molecule has 1 amide bonds. The first-order valence-electron chi connectivity index (χ1n) is 9.59. The second-order valence-electron chi connectivity index (χ2n) is 7.11. The van der Waals surface area contributed by atoms with Gasteiger partial charge in [0.2, 0.25) is 0 Å². The van der Waals surface area contributed by atoms with Crippen molar-refractivity contribution in [3.8, 4) is 23.0 Å². The minimum Gasteiger partial charge on any atom is -0.322 e. The van der Waals surface area contributed by atoms with Crippen molar-refractivity contribution in [2.24, 2.45) is 7.05 Å². The Hall–Kier alpha value is -4.03. The summed E-state index contributed by atoms with van der Waals surface area (Å²) < 4.78 is 4.15. The van der Waals surface area contributed by atoms with Crippen molar-refractivity contribution < 1.29 is 4.79 Å². The Kier molecular flexibility index (Phi) is 5.71. The van der Waals surface area contributed by atoms with E-state index in [4.69, 9.17) is 5.26 Å². The molecule has 0 aliphatic carbocycles. The van der Waals surface area contributed by atoms with Crippen LogP contribution >= 0.6 is 15.9 Å². The fourth-order valence-electron chi connectivity index (χ4n) is 3.14. The van der Waals surface area contributed by atoms with Gasteiger partial charge in [0.05, 0.1) is 29.7 Å². The van der Waals surface area contributed by atoms with E-state index in [-0.39, 0.29) is 5.91 Å². The van der Waals surface area contributed by atoms with Crippen LogP contribution in [0.15, 0.2) is 65.9 Å². The molecule has 4 aromatic rings. The Morgan fingerprint density at radius 3 is 2.75 bits per heavy atom. The molecule has 0 aliphatic rings. The minimum atomic E-state index is -0.290. The number of anilines is 1. The van der Waals surface area contributed by atoms with Gasteiger partial charge < -0.3 is 5.32 Å². The van der Waals surface area contributed by atoms with Crippen molar-refractivity contribution >= 4 is 33.1 Å². The van der Waals surface area contributed by atoms with Crippen LogP contribution in [0.3, 0.4) is 0 Å². The van der Waals surface area contributed by atoms with Crippen LogP contribution in [-0.2, 0) is 7.05 Å². The van der Waals surface area contributed by atoms with Crippen LogP contribution in [-0.4, -0.2) is 30.7 Å². The van der Waals surface area contributed by atoms with E-state index in [0.717, 1.165) is 15.7 Å². The second-order valence-corrected chi connectivity index (χ2v) is 7.96. The first-order chi connectivity index (χ1) is 15.4. The zero-order valence-electron chi connectivity index (χ0n) is 17.4. The summed E-state index contributed by atoms with van der Waals surface area (Å²) in [5.41, 5.74) is 5.23. The summed E-state index contributed by atoms with van der Waals surface area (Å²) in [6.07, 6.45) is 3.54. The molecule has 0 aliphatic heterocycles. The monoisotopic (exact) mass is 487 g/mol. The van der Waals surface area contributed by atoms with Gasteiger partial charge in [-0.1, -0.05) is 23.9 Å². The van der Waals surface area contributed by atoms with Crippen molar-refractivity contribution in [3.05, 3.63) is 82.7 Å². The average Bonchev–Trinajstić information content (AvgIpc) is 3.40. The van der Waals surface area contributed by atoms with Gasteiger partial charge >= 0.3 is 0 Å². The highest BCUT2D eigenvalue weighted by atomic mass is 79.9. The maximum absolute atomic E-state index is 12.9. The number of aryl methyl sites for hydroxylation is 1. The van der Waals surface area contributed by atoms with Gasteiger partial charge in [-0.15, -0.1) is 5.10 Å². The maximum Gasteiger partial charge on any atom is 0.255 e. The Bertz CT molecular complexity index is 1390. The summed E-state index contributed by atoms with van der Waals surface area (Å²) in [6, 6.07) is 14.2. The van der Waals surface area contributed by atoms with E-state index in [1.54, 1.807) is 64.2 Å². The Morgan fingerprint density at radius 1 is 1.22 bits per heavy atom. The molecule has 4 rings (SSSR count). The summed E-state index contributed by atoms with van der Waals surface area (Å²) in [5.74, 6) is -0.290. The van der Waals surface area contributed by atoms with E-state index in [9.17, 15) is 4.79 Å². The molecule has 0 radical (unpaired) electrons. The SMILES string of the molecule is C=C(C#N)c1cccc(NC(=O)c2ccc(Br)c(-n3cc(-c4cnn(C)c4C)nn3)c2)c1. The van der Waals surface area contributed by atoms with Crippen molar-refractivity contribution in [2.45, 2.75) is 6.92 Å². The van der Waals surface area contributed by atoms with Gasteiger partial charge in [-0.2, -0.15) is 10.4 Å². The van der Waals surface area contributed by atoms with E-state index >= 15 is 0 Å². The van der Waals surface area contributed by atoms with Crippen molar-refractivity contribution in [1.82, 2.24) is 24.8 Å². The molecule has 0 saturated carbocycles. The molecule has 0 atom stereocenters. The molecule has 2 aromatic carbocycles. The van der Waals surface area contributed by atoms with E-state index in [0.29, 0.717) is 33.8 Å². The van der Waals surface area contributed by atoms with E-state index in [2.05, 4.69) is 43.2 Å². The fourth-order valence-corrected chi connectivity index (χ4v) is 3.57. The van der Waals surface area contributed by atoms with Gasteiger partial charge in [-0.05, 0) is 58.7 Å². The predicted octanol–water partition coefficient (Wildman–Crippen LogP) is 4.53. The molecule has 8 nitrogen and oxygen atoms in total. The topological polar surface area (TPSA) is 101 Å². The number of nitriles is 1. The number of amides is 1. The van der Waals surface area contributed by atoms with Crippen LogP contribution in [0.2, 0.25) is 0 Å². The van der Waals surface area contributed by atoms with Crippen molar-refractivity contribution in [2.75, 3.05) is 5.32 Å². The van der Waals surface area contributed by atoms with Gasteiger partial charge in [0.25, 0.3) is 5.91 Å². The van der Waals surface area contributed by atoms with E-state index in [1.807, 2.05) is 20.0 Å². The number of halogens is 1. The standard InChI is InChI=1S/C23H18BrN7O/c1-14(11-25)16-5-4-6-18(9-16)27-23(32)17-7-8-20(24)22(10-17)31-13-21(28-29-31)19-12-26-30(3)15(19)2/h4-10,12-13H,1H2,2-3H3,(H,27,32). The number of hydrogen-bond acceptors (Lipinski definition) is 5. The van der Waals surface area contributed by atoms with E-state index in [1.165, 1.54) is 0 Å². The van der Waals surface area contributed by atoms with Crippen molar-refractivity contribution in [3.63, 3.8) is 0 Å². The molecule has 32 heavy (non-hydrogen) atoms. The molecule has 0 bridgehead atoms. The highest BCUT2D eigenvalue weighted by Gasteiger charge is 2.15. The predicted molar refractivity (Wildman–Crippen MR) is 125 cm³/mol. The quantitative estimate of drug-likeness (QED) is 0.416. The van der Waals surface area contributed by atoms with Gasteiger partial charge in [0, 0.05) is 34.0 Å². The van der Waals surface area contributed by atoms with Crippen LogP contribution in [0.5, 0.6) is 0 Å². The normalized spacial score (nSPS) is 10.6. The number of carbonyl (C=O) groups excluding carboxylic acids is 1. The van der Waals surface area contributed by atoms with Crippen LogP contribution in [0.25, 0.3) is 22.5 Å². The fraction of sp³-hybridized carbons (Fsp3) is 0.0870. The number of nitrogens with zero attached hydrogens (tertiary/aromatic N) is 6. The highest BCUT2D eigenvalue weighted by molar-refractivity contribution is 9.10. The van der Waals surface area contributed by atoms with Crippen LogP contribution in [0.1, 0.15) is 21.6 Å². The summed E-state index contributed by atoms with van der Waals surface area (Å²) in [4.78, 5) is 12.9. The molecular weight excluding hydrogens is 470 g/mol. The van der Waals surface area contributed by atoms with E-state index < -0.39 is 0 Å². The van der Waals surface area contributed by atoms with Gasteiger partial charge in [0.15, 0.2) is 0 Å². The molecular formula is C23H18BrN7O. The van der Waals surface area contributed by atoms with Gasteiger partial charge in [0.1, 0.15) is 5.69 Å². The van der Waals surface area contributed by atoms with Crippen LogP contribution in [0, 0.1) is 18.3 Å². The van der Waals surface area contributed by atoms with Crippen LogP contribution < -0.4 is 5.32 Å². The number of benzene rings is 2. The number of aromatic nitrogens is 5. The lowest BCUT2D eigenvalue weighted by molar-refractivity contribution is 0.102. The van der Waals surface area contributed by atoms with Crippen molar-refractivity contribution in [1.29, 1.82) is 5.26 Å². The lowest BCUT2D eigenvalue weighted by atomic mass is 10.1. The third-order valence-corrected chi connectivity index (χ3v) is 5.73. The summed E-state index contributed by atoms with van der Waals surface area (Å²) in [7, 11) is 1.87. The number of hydrogen-bond donors (Lipinski definition) is 1. The first kappa shape index (κ1) is 21.2. The summed E-state index contributed by atoms with van der Waals surface area (Å²) in [5, 5.41) is 24.6. The third kappa shape index (κ3) is 4.08. The number of rotatable bonds is 5. The molecule has 9 heteroatoms. The molecule has 0 saturated heterocycles. The maximum atomic E-state index is 12.9. The zero-order chi connectivity index (χ0) is 22.8. The van der Waals surface area contributed by atoms with Crippen LogP contribution in [0.4, 0.5) is 5.69 Å². The molecule has 0 unspecified atom stereocenters. The smallest absolute Gasteiger partial charge is 0.255 e. The molecule has 0 fully saturated rings. The molecule has 1 N–H and O–H groups in total. The molecule has 158 valence electrons. The molecule has 2 aromatic heterocycles. The highest BCUT2D eigenvalue weighted by Crippen LogP contribution is 2.26. The lowest BCUT2D eigenvalue weighted by Gasteiger charge is -2.09. The lowest BCUT2D eigenvalue weighted by Crippen LogP contribution is -2.12. The number of nitrogens with one attached hydrogen (secondary N) is 1. The van der Waals surface area contributed by atoms with Gasteiger partial charge in [-0.3, -0.25) is 9.48 Å². The Morgan fingerprint density at radius 2 is 2.03 bits per heavy atom. The average molecular weight is 488 g/mol. The Labute approximate surface area is 192 Å². The Balaban J connectivity index is 1.61. The number of carbonyl (C=O) groups is 1.